The molecule has 5 heteroatoms. The quantitative estimate of drug-likeness (QED) is 0.774. The van der Waals surface area contributed by atoms with Gasteiger partial charge >= 0.3 is 7.12 Å². The fourth-order valence-corrected chi connectivity index (χ4v) is 1.94. The molecule has 1 aromatic rings. The van der Waals surface area contributed by atoms with E-state index in [2.05, 4.69) is 11.1 Å². The molecule has 1 fully saturated rings. The van der Waals surface area contributed by atoms with Crippen molar-refractivity contribution in [1.82, 2.24) is 4.98 Å². The van der Waals surface area contributed by atoms with Crippen molar-refractivity contribution < 1.29 is 9.31 Å². The normalized spacial score (nSPS) is 20.8. The van der Waals surface area contributed by atoms with Crippen molar-refractivity contribution in [2.75, 3.05) is 0 Å². The Hall–Kier alpha value is -1.38. The predicted octanol–water partition coefficient (Wildman–Crippen LogP) is 2.18. The van der Waals surface area contributed by atoms with Crippen LogP contribution in [0.1, 0.15) is 47.1 Å². The molecule has 1 aliphatic rings. The van der Waals surface area contributed by atoms with Crippen LogP contribution in [0.25, 0.3) is 0 Å². The summed E-state index contributed by atoms with van der Waals surface area (Å²) in [6.07, 6.45) is 1.73. The Morgan fingerprint density at radius 1 is 1.15 bits per heavy atom. The zero-order valence-corrected chi connectivity index (χ0v) is 13.0. The fraction of sp³-hybridized carbons (Fsp3) is 0.600. The van der Waals surface area contributed by atoms with E-state index in [4.69, 9.17) is 14.6 Å². The molecule has 106 valence electrons. The Balaban J connectivity index is 2.23. The first kappa shape index (κ1) is 15.0. The minimum Gasteiger partial charge on any atom is -0.398 e. The highest BCUT2D eigenvalue weighted by molar-refractivity contribution is 6.61. The van der Waals surface area contributed by atoms with E-state index in [0.29, 0.717) is 0 Å². The molecule has 0 radical (unpaired) electrons. The van der Waals surface area contributed by atoms with Crippen molar-refractivity contribution in [3.8, 4) is 6.07 Å². The Morgan fingerprint density at radius 3 is 2.10 bits per heavy atom. The van der Waals surface area contributed by atoms with E-state index in [9.17, 15) is 0 Å². The highest BCUT2D eigenvalue weighted by Crippen LogP contribution is 2.36. The number of rotatable bonds is 2. The van der Waals surface area contributed by atoms with Crippen LogP contribution in [-0.4, -0.2) is 23.3 Å². The SMILES string of the molecule is CC(C)(C#N)c1ccc(B2OC(C)(C)C(C)(C)O2)nc1. The van der Waals surface area contributed by atoms with E-state index in [1.165, 1.54) is 0 Å². The summed E-state index contributed by atoms with van der Waals surface area (Å²) >= 11 is 0. The highest BCUT2D eigenvalue weighted by Gasteiger charge is 2.52. The summed E-state index contributed by atoms with van der Waals surface area (Å²) in [5.74, 6) is 0. The third-order valence-corrected chi connectivity index (χ3v) is 4.28. The Kier molecular flexibility index (Phi) is 3.44. The van der Waals surface area contributed by atoms with Gasteiger partial charge in [-0.15, -0.1) is 0 Å². The molecular weight excluding hydrogens is 251 g/mol. The summed E-state index contributed by atoms with van der Waals surface area (Å²) in [5, 5.41) is 9.14. The summed E-state index contributed by atoms with van der Waals surface area (Å²) in [6.45, 7) is 11.8. The van der Waals surface area contributed by atoms with Crippen LogP contribution in [0.4, 0.5) is 0 Å². The van der Waals surface area contributed by atoms with Gasteiger partial charge in [-0.05, 0) is 53.2 Å². The van der Waals surface area contributed by atoms with E-state index in [0.717, 1.165) is 11.2 Å². The molecule has 2 rings (SSSR count). The first-order valence-corrected chi connectivity index (χ1v) is 6.82. The third kappa shape index (κ3) is 2.46. The molecule has 0 N–H and O–H groups in total. The number of hydrogen-bond donors (Lipinski definition) is 0. The molecule has 0 aliphatic carbocycles. The van der Waals surface area contributed by atoms with Crippen molar-refractivity contribution in [2.45, 2.75) is 58.2 Å². The molecule has 0 amide bonds. The number of nitriles is 1. The van der Waals surface area contributed by atoms with Gasteiger partial charge < -0.3 is 9.31 Å². The fourth-order valence-electron chi connectivity index (χ4n) is 1.94. The van der Waals surface area contributed by atoms with Gasteiger partial charge in [-0.2, -0.15) is 5.26 Å². The van der Waals surface area contributed by atoms with Gasteiger partial charge in [0.05, 0.1) is 28.3 Å². The molecule has 0 saturated carbocycles. The lowest BCUT2D eigenvalue weighted by molar-refractivity contribution is 0.00578. The molecule has 0 aromatic carbocycles. The van der Waals surface area contributed by atoms with Gasteiger partial charge in [-0.3, -0.25) is 4.98 Å². The maximum Gasteiger partial charge on any atom is 0.514 e. The van der Waals surface area contributed by atoms with Crippen LogP contribution in [0.2, 0.25) is 0 Å². The topological polar surface area (TPSA) is 55.1 Å². The second-order valence-corrected chi connectivity index (χ2v) is 6.80. The van der Waals surface area contributed by atoms with E-state index in [-0.39, 0.29) is 11.2 Å². The van der Waals surface area contributed by atoms with Crippen molar-refractivity contribution in [3.05, 3.63) is 23.9 Å². The minimum atomic E-state index is -0.540. The molecule has 0 bridgehead atoms. The number of hydrogen-bond acceptors (Lipinski definition) is 4. The summed E-state index contributed by atoms with van der Waals surface area (Å²) in [5.41, 5.74) is 0.344. The molecule has 1 saturated heterocycles. The van der Waals surface area contributed by atoms with E-state index < -0.39 is 12.5 Å². The Bertz CT molecular complexity index is 528. The smallest absolute Gasteiger partial charge is 0.398 e. The maximum absolute atomic E-state index is 9.14. The standard InChI is InChI=1S/C15H21BN2O2/c1-13(2,10-17)11-7-8-12(18-9-11)16-19-14(3,4)15(5,6)20-16/h7-9H,1-6H3. The second-order valence-electron chi connectivity index (χ2n) is 6.80. The number of pyridine rings is 1. The van der Waals surface area contributed by atoms with E-state index in [1.807, 2.05) is 53.7 Å². The van der Waals surface area contributed by atoms with Gasteiger partial charge in [0.25, 0.3) is 0 Å². The zero-order chi connectivity index (χ0) is 15.2. The summed E-state index contributed by atoms with van der Waals surface area (Å²) in [7, 11) is -0.459. The summed E-state index contributed by atoms with van der Waals surface area (Å²) in [4.78, 5) is 4.40. The lowest BCUT2D eigenvalue weighted by atomic mass is 9.82. The molecule has 0 spiro atoms. The maximum atomic E-state index is 9.14. The average Bonchev–Trinajstić information content (AvgIpc) is 2.59. The zero-order valence-electron chi connectivity index (χ0n) is 13.0. The van der Waals surface area contributed by atoms with Gasteiger partial charge in [0.2, 0.25) is 0 Å². The molecule has 1 aliphatic heterocycles. The average molecular weight is 272 g/mol. The van der Waals surface area contributed by atoms with Crippen LogP contribution in [-0.2, 0) is 14.7 Å². The lowest BCUT2D eigenvalue weighted by Crippen LogP contribution is -2.41. The van der Waals surface area contributed by atoms with Gasteiger partial charge in [-0.25, -0.2) is 0 Å². The Labute approximate surface area is 121 Å². The van der Waals surface area contributed by atoms with Gasteiger partial charge in [0, 0.05) is 6.20 Å². The van der Waals surface area contributed by atoms with Crippen LogP contribution in [0.3, 0.4) is 0 Å². The van der Waals surface area contributed by atoms with Gasteiger partial charge in [0.15, 0.2) is 0 Å². The van der Waals surface area contributed by atoms with Crippen molar-refractivity contribution in [2.24, 2.45) is 0 Å². The van der Waals surface area contributed by atoms with Gasteiger partial charge in [-0.1, -0.05) is 6.07 Å². The van der Waals surface area contributed by atoms with E-state index in [1.54, 1.807) is 6.20 Å². The van der Waals surface area contributed by atoms with Crippen LogP contribution in [0.15, 0.2) is 18.3 Å². The first-order valence-electron chi connectivity index (χ1n) is 6.82. The van der Waals surface area contributed by atoms with Crippen molar-refractivity contribution in [3.63, 3.8) is 0 Å². The summed E-state index contributed by atoms with van der Waals surface area (Å²) in [6, 6.07) is 6.06. The molecule has 0 atom stereocenters. The number of nitrogens with zero attached hydrogens (tertiary/aromatic N) is 2. The predicted molar refractivity (Wildman–Crippen MR) is 78.6 cm³/mol. The number of aromatic nitrogens is 1. The molecular formula is C15H21BN2O2. The molecule has 20 heavy (non-hydrogen) atoms. The van der Waals surface area contributed by atoms with Crippen LogP contribution in [0, 0.1) is 11.3 Å². The molecule has 0 unspecified atom stereocenters. The van der Waals surface area contributed by atoms with Crippen LogP contribution in [0.5, 0.6) is 0 Å². The lowest BCUT2D eigenvalue weighted by Gasteiger charge is -2.32. The molecule has 4 nitrogen and oxygen atoms in total. The molecule has 2 heterocycles. The molecule has 1 aromatic heterocycles. The highest BCUT2D eigenvalue weighted by atomic mass is 16.7. The minimum absolute atomic E-state index is 0.371. The third-order valence-electron chi connectivity index (χ3n) is 4.28. The second kappa shape index (κ2) is 4.58. The van der Waals surface area contributed by atoms with E-state index >= 15 is 0 Å². The first-order chi connectivity index (χ1) is 9.09. The van der Waals surface area contributed by atoms with Crippen LogP contribution >= 0.6 is 0 Å². The summed E-state index contributed by atoms with van der Waals surface area (Å²) < 4.78 is 11.9. The van der Waals surface area contributed by atoms with Crippen molar-refractivity contribution in [1.29, 1.82) is 5.26 Å². The monoisotopic (exact) mass is 272 g/mol. The van der Waals surface area contributed by atoms with Crippen molar-refractivity contribution >= 4 is 12.7 Å². The largest absolute Gasteiger partial charge is 0.514 e. The van der Waals surface area contributed by atoms with Gasteiger partial charge in [0.1, 0.15) is 0 Å². The Morgan fingerprint density at radius 2 is 1.70 bits per heavy atom. The van der Waals surface area contributed by atoms with Crippen LogP contribution < -0.4 is 5.59 Å².